The second-order valence-electron chi connectivity index (χ2n) is 7.21. The minimum atomic E-state index is -0.820. The molecule has 1 fully saturated rings. The zero-order valence-electron chi connectivity index (χ0n) is 17.8. The third-order valence-electron chi connectivity index (χ3n) is 5.09. The molecule has 3 aromatic carbocycles. The number of nitrogens with zero attached hydrogens (tertiary/aromatic N) is 1. The lowest BCUT2D eigenvalue weighted by atomic mass is 10.0. The number of nitrogens with one attached hydrogen (secondary N) is 1. The SMILES string of the molecule is CCCOc1ccc(N2C(=O)NC(=O)/C(=C\c3cccc4ccccc34)C2=O)cc1OC. The zero-order valence-corrected chi connectivity index (χ0v) is 17.8. The summed E-state index contributed by atoms with van der Waals surface area (Å²) >= 11 is 0. The number of benzene rings is 3. The van der Waals surface area contributed by atoms with Crippen LogP contribution in [0.15, 0.2) is 66.2 Å². The van der Waals surface area contributed by atoms with Gasteiger partial charge in [-0.1, -0.05) is 49.4 Å². The first-order valence-corrected chi connectivity index (χ1v) is 10.2. The Morgan fingerprint density at radius 1 is 0.969 bits per heavy atom. The van der Waals surface area contributed by atoms with Crippen molar-refractivity contribution in [1.82, 2.24) is 5.32 Å². The third kappa shape index (κ3) is 3.92. The minimum Gasteiger partial charge on any atom is -0.493 e. The van der Waals surface area contributed by atoms with Crippen molar-refractivity contribution in [3.63, 3.8) is 0 Å². The van der Waals surface area contributed by atoms with Crippen LogP contribution in [0, 0.1) is 0 Å². The molecule has 162 valence electrons. The van der Waals surface area contributed by atoms with E-state index >= 15 is 0 Å². The Balaban J connectivity index is 1.74. The van der Waals surface area contributed by atoms with E-state index in [-0.39, 0.29) is 11.3 Å². The molecule has 4 amide bonds. The van der Waals surface area contributed by atoms with E-state index in [0.717, 1.165) is 22.1 Å². The highest BCUT2D eigenvalue weighted by Gasteiger charge is 2.37. The Hall–Kier alpha value is -4.13. The topological polar surface area (TPSA) is 84.9 Å². The normalized spacial score (nSPS) is 15.2. The number of ether oxygens (including phenoxy) is 2. The highest BCUT2D eigenvalue weighted by molar-refractivity contribution is 6.39. The summed E-state index contributed by atoms with van der Waals surface area (Å²) < 4.78 is 11.0. The van der Waals surface area contributed by atoms with Crippen LogP contribution in [0.25, 0.3) is 16.8 Å². The highest BCUT2D eigenvalue weighted by Crippen LogP contribution is 2.33. The number of imide groups is 2. The summed E-state index contributed by atoms with van der Waals surface area (Å²) in [6.45, 7) is 2.49. The molecule has 7 nitrogen and oxygen atoms in total. The van der Waals surface area contributed by atoms with Crippen molar-refractivity contribution in [1.29, 1.82) is 0 Å². The Labute approximate surface area is 185 Å². The van der Waals surface area contributed by atoms with Crippen LogP contribution in [0.3, 0.4) is 0 Å². The van der Waals surface area contributed by atoms with Gasteiger partial charge in [-0.15, -0.1) is 0 Å². The molecule has 7 heteroatoms. The van der Waals surface area contributed by atoms with Gasteiger partial charge in [0.1, 0.15) is 5.57 Å². The molecule has 1 N–H and O–H groups in total. The highest BCUT2D eigenvalue weighted by atomic mass is 16.5. The van der Waals surface area contributed by atoms with Gasteiger partial charge in [-0.2, -0.15) is 0 Å². The second-order valence-corrected chi connectivity index (χ2v) is 7.21. The van der Waals surface area contributed by atoms with Gasteiger partial charge in [0.25, 0.3) is 11.8 Å². The third-order valence-corrected chi connectivity index (χ3v) is 5.09. The number of carbonyl (C=O) groups excluding carboxylic acids is 3. The van der Waals surface area contributed by atoms with E-state index in [9.17, 15) is 14.4 Å². The number of hydrogen-bond acceptors (Lipinski definition) is 5. The zero-order chi connectivity index (χ0) is 22.7. The van der Waals surface area contributed by atoms with Crippen LogP contribution in [-0.2, 0) is 9.59 Å². The summed E-state index contributed by atoms with van der Waals surface area (Å²) in [6.07, 6.45) is 2.33. The molecule has 0 atom stereocenters. The molecule has 1 heterocycles. The number of amides is 4. The number of methoxy groups -OCH3 is 1. The van der Waals surface area contributed by atoms with Gasteiger partial charge in [0, 0.05) is 6.07 Å². The Kier molecular flexibility index (Phi) is 5.89. The largest absolute Gasteiger partial charge is 0.493 e. The molecule has 0 saturated carbocycles. The van der Waals surface area contributed by atoms with Gasteiger partial charge in [0.05, 0.1) is 19.4 Å². The minimum absolute atomic E-state index is 0.133. The molecule has 0 aromatic heterocycles. The number of barbiturate groups is 1. The van der Waals surface area contributed by atoms with E-state index < -0.39 is 17.8 Å². The van der Waals surface area contributed by atoms with Crippen molar-refractivity contribution >= 4 is 40.4 Å². The average molecular weight is 430 g/mol. The van der Waals surface area contributed by atoms with Gasteiger partial charge >= 0.3 is 6.03 Å². The number of fused-ring (bicyclic) bond motifs is 1. The molecule has 0 aliphatic carbocycles. The van der Waals surface area contributed by atoms with E-state index in [1.165, 1.54) is 19.3 Å². The van der Waals surface area contributed by atoms with Crippen molar-refractivity contribution in [3.05, 3.63) is 71.8 Å². The maximum Gasteiger partial charge on any atom is 0.335 e. The molecule has 0 bridgehead atoms. The van der Waals surface area contributed by atoms with Crippen LogP contribution >= 0.6 is 0 Å². The van der Waals surface area contributed by atoms with Crippen LogP contribution in [-0.4, -0.2) is 31.6 Å². The van der Waals surface area contributed by atoms with Crippen molar-refractivity contribution < 1.29 is 23.9 Å². The standard InChI is InChI=1S/C25H22N2O5/c1-3-13-32-21-12-11-18(15-22(21)31-2)27-24(29)20(23(28)26-25(27)30)14-17-9-6-8-16-7-4-5-10-19(16)17/h4-12,14-15H,3,13H2,1-2H3,(H,26,28,30)/b20-14+. The number of hydrogen-bond donors (Lipinski definition) is 1. The number of urea groups is 1. The van der Waals surface area contributed by atoms with Gasteiger partial charge in [-0.25, -0.2) is 9.69 Å². The second kappa shape index (κ2) is 8.93. The Bertz CT molecular complexity index is 1240. The molecular weight excluding hydrogens is 408 g/mol. The van der Waals surface area contributed by atoms with E-state index in [2.05, 4.69) is 5.32 Å². The maximum atomic E-state index is 13.2. The van der Waals surface area contributed by atoms with Gasteiger partial charge in [0.2, 0.25) is 0 Å². The Morgan fingerprint density at radius 2 is 1.75 bits per heavy atom. The predicted molar refractivity (Wildman–Crippen MR) is 122 cm³/mol. The van der Waals surface area contributed by atoms with E-state index in [4.69, 9.17) is 9.47 Å². The summed E-state index contributed by atoms with van der Waals surface area (Å²) in [6, 6.07) is 17.2. The van der Waals surface area contributed by atoms with Crippen LogP contribution in [0.2, 0.25) is 0 Å². The molecule has 3 aromatic rings. The first-order valence-electron chi connectivity index (χ1n) is 10.2. The quantitative estimate of drug-likeness (QED) is 0.465. The van der Waals surface area contributed by atoms with Crippen molar-refractivity contribution in [2.45, 2.75) is 13.3 Å². The molecule has 0 radical (unpaired) electrons. The summed E-state index contributed by atoms with van der Waals surface area (Å²) in [5, 5.41) is 4.12. The predicted octanol–water partition coefficient (Wildman–Crippen LogP) is 4.30. The van der Waals surface area contributed by atoms with E-state index in [1.54, 1.807) is 12.1 Å². The lowest BCUT2D eigenvalue weighted by Crippen LogP contribution is -2.54. The fraction of sp³-hybridized carbons (Fsp3) is 0.160. The number of rotatable bonds is 6. The first kappa shape index (κ1) is 21.1. The van der Waals surface area contributed by atoms with Crippen molar-refractivity contribution in [2.24, 2.45) is 0 Å². The maximum absolute atomic E-state index is 13.2. The Morgan fingerprint density at radius 3 is 2.53 bits per heavy atom. The number of carbonyl (C=O) groups is 3. The monoisotopic (exact) mass is 430 g/mol. The first-order chi connectivity index (χ1) is 15.5. The van der Waals surface area contributed by atoms with Crippen LogP contribution < -0.4 is 19.7 Å². The molecule has 1 aliphatic rings. The molecule has 1 saturated heterocycles. The summed E-state index contributed by atoms with van der Waals surface area (Å²) in [7, 11) is 1.48. The summed E-state index contributed by atoms with van der Waals surface area (Å²) in [5.74, 6) is -0.561. The molecule has 0 spiro atoms. The number of anilines is 1. The summed E-state index contributed by atoms with van der Waals surface area (Å²) in [5.41, 5.74) is 0.840. The average Bonchev–Trinajstić information content (AvgIpc) is 2.80. The molecular formula is C25H22N2O5. The van der Waals surface area contributed by atoms with Crippen molar-refractivity contribution in [2.75, 3.05) is 18.6 Å². The van der Waals surface area contributed by atoms with Crippen molar-refractivity contribution in [3.8, 4) is 11.5 Å². The van der Waals surface area contributed by atoms with Gasteiger partial charge < -0.3 is 9.47 Å². The van der Waals surface area contributed by atoms with E-state index in [1.807, 2.05) is 49.4 Å². The molecule has 0 unspecified atom stereocenters. The molecule has 32 heavy (non-hydrogen) atoms. The smallest absolute Gasteiger partial charge is 0.335 e. The van der Waals surface area contributed by atoms with Gasteiger partial charge in [-0.3, -0.25) is 14.9 Å². The van der Waals surface area contributed by atoms with Crippen LogP contribution in [0.1, 0.15) is 18.9 Å². The van der Waals surface area contributed by atoms with Crippen LogP contribution in [0.5, 0.6) is 11.5 Å². The van der Waals surface area contributed by atoms with Crippen LogP contribution in [0.4, 0.5) is 10.5 Å². The summed E-state index contributed by atoms with van der Waals surface area (Å²) in [4.78, 5) is 39.3. The molecule has 1 aliphatic heterocycles. The fourth-order valence-electron chi connectivity index (χ4n) is 3.55. The lowest BCUT2D eigenvalue weighted by molar-refractivity contribution is -0.122. The van der Waals surface area contributed by atoms with Gasteiger partial charge in [-0.05, 0) is 41.0 Å². The molecule has 4 rings (SSSR count). The van der Waals surface area contributed by atoms with Gasteiger partial charge in [0.15, 0.2) is 11.5 Å². The fourth-order valence-corrected chi connectivity index (χ4v) is 3.55. The lowest BCUT2D eigenvalue weighted by Gasteiger charge is -2.27. The van der Waals surface area contributed by atoms with E-state index in [0.29, 0.717) is 23.7 Å².